The largest absolute Gasteiger partial charge is 0.454 e. The molecular formula is C24H24N2O7S. The van der Waals surface area contributed by atoms with Crippen LogP contribution in [0.4, 0.5) is 5.69 Å². The van der Waals surface area contributed by atoms with Crippen molar-refractivity contribution in [2.24, 2.45) is 0 Å². The van der Waals surface area contributed by atoms with Crippen molar-refractivity contribution in [1.29, 1.82) is 0 Å². The topological polar surface area (TPSA) is 111 Å². The minimum absolute atomic E-state index is 0.0305. The number of benzene rings is 2. The van der Waals surface area contributed by atoms with Gasteiger partial charge in [0.2, 0.25) is 12.7 Å². The van der Waals surface area contributed by atoms with Crippen LogP contribution in [0.2, 0.25) is 0 Å². The third-order valence-electron chi connectivity index (χ3n) is 5.42. The van der Waals surface area contributed by atoms with E-state index in [0.717, 1.165) is 25.9 Å². The summed E-state index contributed by atoms with van der Waals surface area (Å²) in [5.74, 6) is -0.454. The first-order chi connectivity index (χ1) is 16.4. The van der Waals surface area contributed by atoms with Gasteiger partial charge < -0.3 is 24.4 Å². The Kier molecular flexibility index (Phi) is 7.36. The molecule has 2 aliphatic heterocycles. The number of ether oxygens (including phenoxy) is 3. The molecule has 0 radical (unpaired) electrons. The highest BCUT2D eigenvalue weighted by molar-refractivity contribution is 8.00. The van der Waals surface area contributed by atoms with E-state index in [1.54, 1.807) is 24.3 Å². The molecule has 2 aliphatic rings. The van der Waals surface area contributed by atoms with Gasteiger partial charge in [-0.15, -0.1) is 11.8 Å². The van der Waals surface area contributed by atoms with Gasteiger partial charge in [-0.25, -0.2) is 4.79 Å². The number of fused-ring (bicyclic) bond motifs is 1. The average molecular weight is 485 g/mol. The van der Waals surface area contributed by atoms with Crippen LogP contribution in [0, 0.1) is 0 Å². The molecule has 0 saturated carbocycles. The van der Waals surface area contributed by atoms with Crippen molar-refractivity contribution in [1.82, 2.24) is 4.90 Å². The highest BCUT2D eigenvalue weighted by Gasteiger charge is 2.22. The summed E-state index contributed by atoms with van der Waals surface area (Å²) in [5, 5.41) is 2.59. The second-order valence-corrected chi connectivity index (χ2v) is 8.82. The lowest BCUT2D eigenvalue weighted by Gasteiger charge is -2.15. The SMILES string of the molecule is CC(=O)c1cc2c(cc1NC(=O)COC(=O)c1ccccc1SCC(=O)N1CCCC1)OCO2. The number of ketones is 1. The number of thioether (sulfide) groups is 1. The van der Waals surface area contributed by atoms with Gasteiger partial charge in [0.15, 0.2) is 23.9 Å². The lowest BCUT2D eigenvalue weighted by molar-refractivity contribution is -0.127. The smallest absolute Gasteiger partial charge is 0.339 e. The van der Waals surface area contributed by atoms with Gasteiger partial charge in [-0.2, -0.15) is 0 Å². The fraction of sp³-hybridized carbons (Fsp3) is 0.333. The van der Waals surface area contributed by atoms with Gasteiger partial charge in [0, 0.05) is 29.6 Å². The Morgan fingerprint density at radius 1 is 1.03 bits per heavy atom. The van der Waals surface area contributed by atoms with Crippen molar-refractivity contribution >= 4 is 41.0 Å². The average Bonchev–Trinajstić information content (AvgIpc) is 3.52. The van der Waals surface area contributed by atoms with Crippen molar-refractivity contribution < 1.29 is 33.4 Å². The Balaban J connectivity index is 1.35. The van der Waals surface area contributed by atoms with E-state index >= 15 is 0 Å². The first-order valence-electron chi connectivity index (χ1n) is 10.8. The predicted octanol–water partition coefficient (Wildman–Crippen LogP) is 3.13. The van der Waals surface area contributed by atoms with Crippen LogP contribution in [0.25, 0.3) is 0 Å². The Labute approximate surface area is 200 Å². The number of anilines is 1. The number of esters is 1. The Morgan fingerprint density at radius 3 is 2.47 bits per heavy atom. The van der Waals surface area contributed by atoms with Crippen LogP contribution in [0.5, 0.6) is 11.5 Å². The summed E-state index contributed by atoms with van der Waals surface area (Å²) in [6.45, 7) is 2.40. The van der Waals surface area contributed by atoms with Crippen molar-refractivity contribution in [3.63, 3.8) is 0 Å². The monoisotopic (exact) mass is 484 g/mol. The summed E-state index contributed by atoms with van der Waals surface area (Å²) in [5.41, 5.74) is 0.782. The summed E-state index contributed by atoms with van der Waals surface area (Å²) >= 11 is 1.27. The second kappa shape index (κ2) is 10.6. The highest BCUT2D eigenvalue weighted by atomic mass is 32.2. The van der Waals surface area contributed by atoms with Gasteiger partial charge in [0.1, 0.15) is 0 Å². The highest BCUT2D eigenvalue weighted by Crippen LogP contribution is 2.37. The zero-order valence-corrected chi connectivity index (χ0v) is 19.4. The molecule has 2 amide bonds. The van der Waals surface area contributed by atoms with Gasteiger partial charge >= 0.3 is 5.97 Å². The second-order valence-electron chi connectivity index (χ2n) is 7.80. The summed E-state index contributed by atoms with van der Waals surface area (Å²) in [6.07, 6.45) is 2.03. The van der Waals surface area contributed by atoms with Crippen LogP contribution < -0.4 is 14.8 Å². The first-order valence-corrected chi connectivity index (χ1v) is 11.8. The number of nitrogens with zero attached hydrogens (tertiary/aromatic N) is 1. The van der Waals surface area contributed by atoms with Crippen LogP contribution in [-0.4, -0.2) is 60.7 Å². The van der Waals surface area contributed by atoms with Crippen LogP contribution in [-0.2, 0) is 14.3 Å². The maximum atomic E-state index is 12.7. The van der Waals surface area contributed by atoms with E-state index in [1.807, 2.05) is 4.90 Å². The number of rotatable bonds is 8. The van der Waals surface area contributed by atoms with Gasteiger partial charge in [-0.1, -0.05) is 12.1 Å². The normalized spacial score (nSPS) is 14.1. The number of likely N-dealkylation sites (tertiary alicyclic amines) is 1. The van der Waals surface area contributed by atoms with Crippen molar-refractivity contribution in [3.8, 4) is 11.5 Å². The van der Waals surface area contributed by atoms with Crippen LogP contribution in [0.1, 0.15) is 40.5 Å². The minimum atomic E-state index is -0.677. The number of carbonyl (C=O) groups excluding carboxylic acids is 4. The van der Waals surface area contributed by atoms with Gasteiger partial charge in [-0.3, -0.25) is 14.4 Å². The molecule has 0 spiro atoms. The summed E-state index contributed by atoms with van der Waals surface area (Å²) in [6, 6.07) is 9.80. The molecule has 0 unspecified atom stereocenters. The van der Waals surface area contributed by atoms with Crippen molar-refractivity contribution in [2.75, 3.05) is 37.6 Å². The molecule has 178 valence electrons. The van der Waals surface area contributed by atoms with E-state index in [2.05, 4.69) is 5.32 Å². The molecule has 4 rings (SSSR count). The molecule has 2 aromatic rings. The molecule has 2 heterocycles. The molecule has 1 saturated heterocycles. The first kappa shape index (κ1) is 23.6. The number of hydrogen-bond acceptors (Lipinski definition) is 8. The number of Topliss-reactive ketones (excluding diaryl/α,β-unsaturated/α-hetero) is 1. The molecule has 1 fully saturated rings. The Bertz CT molecular complexity index is 1130. The third-order valence-corrected chi connectivity index (χ3v) is 6.48. The van der Waals surface area contributed by atoms with Crippen LogP contribution in [0.3, 0.4) is 0 Å². The van der Waals surface area contributed by atoms with Crippen molar-refractivity contribution in [2.45, 2.75) is 24.7 Å². The van der Waals surface area contributed by atoms with E-state index < -0.39 is 18.5 Å². The maximum Gasteiger partial charge on any atom is 0.339 e. The lowest BCUT2D eigenvalue weighted by atomic mass is 10.1. The van der Waals surface area contributed by atoms with E-state index in [0.29, 0.717) is 16.4 Å². The van der Waals surface area contributed by atoms with E-state index in [-0.39, 0.29) is 41.1 Å². The number of amides is 2. The van der Waals surface area contributed by atoms with Crippen molar-refractivity contribution in [3.05, 3.63) is 47.5 Å². The zero-order chi connectivity index (χ0) is 24.1. The predicted molar refractivity (Wildman–Crippen MR) is 124 cm³/mol. The minimum Gasteiger partial charge on any atom is -0.454 e. The molecule has 0 aliphatic carbocycles. The number of carbonyl (C=O) groups is 4. The van der Waals surface area contributed by atoms with Gasteiger partial charge in [0.05, 0.1) is 17.0 Å². The van der Waals surface area contributed by atoms with Gasteiger partial charge in [0.25, 0.3) is 5.91 Å². The molecule has 0 atom stereocenters. The molecule has 2 aromatic carbocycles. The molecule has 0 bridgehead atoms. The molecule has 34 heavy (non-hydrogen) atoms. The number of hydrogen-bond donors (Lipinski definition) is 1. The van der Waals surface area contributed by atoms with Crippen LogP contribution >= 0.6 is 11.8 Å². The van der Waals surface area contributed by atoms with Crippen LogP contribution in [0.15, 0.2) is 41.3 Å². The van der Waals surface area contributed by atoms with E-state index in [1.165, 1.54) is 30.8 Å². The standard InChI is InChI=1S/C24H24N2O7S/c1-15(27)17-10-19-20(33-14-32-19)11-18(17)25-22(28)12-31-24(30)16-6-2-3-7-21(16)34-13-23(29)26-8-4-5-9-26/h2-3,6-7,10-11H,4-5,8-9,12-14H2,1H3,(H,25,28). The maximum absolute atomic E-state index is 12.7. The molecule has 9 nitrogen and oxygen atoms in total. The fourth-order valence-electron chi connectivity index (χ4n) is 3.69. The summed E-state index contributed by atoms with van der Waals surface area (Å²) in [7, 11) is 0. The van der Waals surface area contributed by atoms with Gasteiger partial charge in [-0.05, 0) is 38.0 Å². The molecule has 1 N–H and O–H groups in total. The Hall–Kier alpha value is -3.53. The fourth-order valence-corrected chi connectivity index (χ4v) is 4.63. The summed E-state index contributed by atoms with van der Waals surface area (Å²) in [4.78, 5) is 51.8. The molecule has 0 aromatic heterocycles. The molecule has 10 heteroatoms. The molecular weight excluding hydrogens is 460 g/mol. The zero-order valence-electron chi connectivity index (χ0n) is 18.6. The lowest BCUT2D eigenvalue weighted by Crippen LogP contribution is -2.29. The Morgan fingerprint density at radius 2 is 1.74 bits per heavy atom. The summed E-state index contributed by atoms with van der Waals surface area (Å²) < 4.78 is 15.8. The number of nitrogens with one attached hydrogen (secondary N) is 1. The third kappa shape index (κ3) is 5.51. The van der Waals surface area contributed by atoms with E-state index in [9.17, 15) is 19.2 Å². The van der Waals surface area contributed by atoms with E-state index in [4.69, 9.17) is 14.2 Å². The quantitative estimate of drug-likeness (QED) is 0.346.